The number of ether oxygens (including phenoxy) is 1. The molecule has 0 saturated carbocycles. The Bertz CT molecular complexity index is 663. The van der Waals surface area contributed by atoms with Crippen LogP contribution in [0.1, 0.15) is 11.1 Å². The highest BCUT2D eigenvalue weighted by Gasteiger charge is 2.37. The average Bonchev–Trinajstić information content (AvgIpc) is 2.40. The predicted octanol–water partition coefficient (Wildman–Crippen LogP) is 7.04. The summed E-state index contributed by atoms with van der Waals surface area (Å²) in [6.07, 6.45) is -9.54. The van der Waals surface area contributed by atoms with Crippen molar-refractivity contribution in [3.8, 4) is 11.5 Å². The fourth-order valence-corrected chi connectivity index (χ4v) is 2.47. The summed E-state index contributed by atoms with van der Waals surface area (Å²) in [4.78, 5) is 0. The first-order valence-corrected chi connectivity index (χ1v) is 7.48. The molecular formula is C14H6Br2F6O. The SMILES string of the molecule is FC(F)(F)c1cc(Br)ccc1Oc1ccc(Br)cc1C(F)(F)F. The van der Waals surface area contributed by atoms with Crippen molar-refractivity contribution in [2.75, 3.05) is 0 Å². The smallest absolute Gasteiger partial charge is 0.420 e. The third kappa shape index (κ3) is 4.41. The van der Waals surface area contributed by atoms with Crippen molar-refractivity contribution in [2.45, 2.75) is 12.4 Å². The molecule has 0 aliphatic rings. The topological polar surface area (TPSA) is 9.23 Å². The summed E-state index contributed by atoms with van der Waals surface area (Å²) < 4.78 is 83.2. The maximum Gasteiger partial charge on any atom is 0.420 e. The maximum absolute atomic E-state index is 13.0. The molecule has 0 saturated heterocycles. The summed E-state index contributed by atoms with van der Waals surface area (Å²) >= 11 is 5.78. The number of alkyl halides is 6. The largest absolute Gasteiger partial charge is 0.456 e. The van der Waals surface area contributed by atoms with E-state index >= 15 is 0 Å². The van der Waals surface area contributed by atoms with Crippen LogP contribution in [0.25, 0.3) is 0 Å². The van der Waals surface area contributed by atoms with Gasteiger partial charge in [-0.1, -0.05) is 31.9 Å². The highest BCUT2D eigenvalue weighted by atomic mass is 79.9. The molecule has 0 fully saturated rings. The van der Waals surface area contributed by atoms with Gasteiger partial charge in [-0.15, -0.1) is 0 Å². The third-order valence-corrected chi connectivity index (χ3v) is 3.70. The van der Waals surface area contributed by atoms with Crippen molar-refractivity contribution < 1.29 is 31.1 Å². The molecule has 0 unspecified atom stereocenters. The van der Waals surface area contributed by atoms with E-state index in [1.54, 1.807) is 0 Å². The molecule has 0 aliphatic carbocycles. The molecule has 0 atom stereocenters. The zero-order valence-electron chi connectivity index (χ0n) is 10.9. The van der Waals surface area contributed by atoms with E-state index in [1.807, 2.05) is 0 Å². The minimum absolute atomic E-state index is 0.129. The van der Waals surface area contributed by atoms with E-state index in [9.17, 15) is 26.3 Å². The molecule has 2 aromatic carbocycles. The highest BCUT2D eigenvalue weighted by Crippen LogP contribution is 2.43. The first-order chi connectivity index (χ1) is 10.5. The molecule has 9 heteroatoms. The van der Waals surface area contributed by atoms with Gasteiger partial charge in [-0.25, -0.2) is 0 Å². The molecule has 0 aliphatic heterocycles. The van der Waals surface area contributed by atoms with Gasteiger partial charge in [-0.05, 0) is 36.4 Å². The van der Waals surface area contributed by atoms with Crippen LogP contribution in [0.15, 0.2) is 45.3 Å². The van der Waals surface area contributed by atoms with E-state index < -0.39 is 35.0 Å². The van der Waals surface area contributed by atoms with E-state index in [0.29, 0.717) is 0 Å². The van der Waals surface area contributed by atoms with Crippen LogP contribution in [0.2, 0.25) is 0 Å². The zero-order chi connectivity index (χ0) is 17.4. The second-order valence-electron chi connectivity index (χ2n) is 4.38. The Morgan fingerprint density at radius 2 is 1.00 bits per heavy atom. The molecule has 23 heavy (non-hydrogen) atoms. The van der Waals surface area contributed by atoms with Gasteiger partial charge in [0, 0.05) is 8.95 Å². The molecule has 2 aromatic rings. The number of hydrogen-bond donors (Lipinski definition) is 0. The lowest BCUT2D eigenvalue weighted by Gasteiger charge is -2.17. The van der Waals surface area contributed by atoms with Gasteiger partial charge in [0.1, 0.15) is 11.5 Å². The van der Waals surface area contributed by atoms with Crippen LogP contribution < -0.4 is 4.74 Å². The lowest BCUT2D eigenvalue weighted by Crippen LogP contribution is -2.10. The average molecular weight is 464 g/mol. The van der Waals surface area contributed by atoms with E-state index in [1.165, 1.54) is 12.1 Å². The monoisotopic (exact) mass is 462 g/mol. The van der Waals surface area contributed by atoms with E-state index in [4.69, 9.17) is 4.74 Å². The molecule has 0 aromatic heterocycles. The Kier molecular flexibility index (Phi) is 5.00. The first-order valence-electron chi connectivity index (χ1n) is 5.90. The molecule has 0 bridgehead atoms. The third-order valence-electron chi connectivity index (χ3n) is 2.71. The lowest BCUT2D eigenvalue weighted by molar-refractivity contribution is -0.139. The van der Waals surface area contributed by atoms with Crippen LogP contribution in [0, 0.1) is 0 Å². The van der Waals surface area contributed by atoms with E-state index in [2.05, 4.69) is 31.9 Å². The fraction of sp³-hybridized carbons (Fsp3) is 0.143. The van der Waals surface area contributed by atoms with Gasteiger partial charge in [0.15, 0.2) is 0 Å². The van der Waals surface area contributed by atoms with Crippen LogP contribution in [0.4, 0.5) is 26.3 Å². The quantitative estimate of drug-likeness (QED) is 0.434. The summed E-state index contributed by atoms with van der Waals surface area (Å²) in [6, 6.07) is 5.88. The van der Waals surface area contributed by atoms with Gasteiger partial charge in [0.25, 0.3) is 0 Å². The Hall–Kier alpha value is -1.22. The Morgan fingerprint density at radius 3 is 1.30 bits per heavy atom. The number of hydrogen-bond acceptors (Lipinski definition) is 1. The van der Waals surface area contributed by atoms with Crippen molar-refractivity contribution >= 4 is 31.9 Å². The van der Waals surface area contributed by atoms with Crippen LogP contribution >= 0.6 is 31.9 Å². The number of benzene rings is 2. The van der Waals surface area contributed by atoms with Gasteiger partial charge >= 0.3 is 12.4 Å². The second-order valence-corrected chi connectivity index (χ2v) is 6.21. The van der Waals surface area contributed by atoms with Gasteiger partial charge in [-0.2, -0.15) is 26.3 Å². The minimum atomic E-state index is -4.77. The van der Waals surface area contributed by atoms with Crippen molar-refractivity contribution in [1.29, 1.82) is 0 Å². The molecule has 0 N–H and O–H groups in total. The molecule has 0 radical (unpaired) electrons. The molecule has 124 valence electrons. The highest BCUT2D eigenvalue weighted by molar-refractivity contribution is 9.10. The Morgan fingerprint density at radius 1 is 0.652 bits per heavy atom. The first kappa shape index (κ1) is 18.1. The zero-order valence-corrected chi connectivity index (χ0v) is 14.1. The Balaban J connectivity index is 2.53. The number of rotatable bonds is 2. The van der Waals surface area contributed by atoms with E-state index in [-0.39, 0.29) is 8.95 Å². The van der Waals surface area contributed by atoms with E-state index in [0.717, 1.165) is 24.3 Å². The van der Waals surface area contributed by atoms with Crippen LogP contribution in [0.3, 0.4) is 0 Å². The molecule has 0 spiro atoms. The van der Waals surface area contributed by atoms with Crippen molar-refractivity contribution in [3.05, 3.63) is 56.5 Å². The van der Waals surface area contributed by atoms with Crippen molar-refractivity contribution in [1.82, 2.24) is 0 Å². The predicted molar refractivity (Wildman–Crippen MR) is 78.4 cm³/mol. The van der Waals surface area contributed by atoms with Crippen LogP contribution in [-0.4, -0.2) is 0 Å². The fourth-order valence-electron chi connectivity index (χ4n) is 1.74. The summed E-state index contributed by atoms with van der Waals surface area (Å²) in [5, 5.41) is 0. The lowest BCUT2D eigenvalue weighted by atomic mass is 10.1. The van der Waals surface area contributed by atoms with Gasteiger partial charge in [0.05, 0.1) is 11.1 Å². The molecule has 0 heterocycles. The molecule has 1 nitrogen and oxygen atoms in total. The second kappa shape index (κ2) is 6.35. The summed E-state index contributed by atoms with van der Waals surface area (Å²) in [5.41, 5.74) is -2.36. The minimum Gasteiger partial charge on any atom is -0.456 e. The summed E-state index contributed by atoms with van der Waals surface area (Å²) in [7, 11) is 0. The normalized spacial score (nSPS) is 12.3. The van der Waals surface area contributed by atoms with Crippen LogP contribution in [-0.2, 0) is 12.4 Å². The maximum atomic E-state index is 13.0. The summed E-state index contributed by atoms with van der Waals surface area (Å²) in [5.74, 6) is -1.43. The van der Waals surface area contributed by atoms with Gasteiger partial charge < -0.3 is 4.74 Å². The summed E-state index contributed by atoms with van der Waals surface area (Å²) in [6.45, 7) is 0. The number of halogens is 8. The molecule has 0 amide bonds. The van der Waals surface area contributed by atoms with Crippen LogP contribution in [0.5, 0.6) is 11.5 Å². The van der Waals surface area contributed by atoms with Crippen molar-refractivity contribution in [3.63, 3.8) is 0 Å². The molecular weight excluding hydrogens is 458 g/mol. The van der Waals surface area contributed by atoms with Gasteiger partial charge in [0.2, 0.25) is 0 Å². The molecule has 2 rings (SSSR count). The van der Waals surface area contributed by atoms with Gasteiger partial charge in [-0.3, -0.25) is 0 Å². The standard InChI is InChI=1S/C14H6Br2F6O/c15-7-1-3-11(9(5-7)13(17,18)19)23-12-4-2-8(16)6-10(12)14(20,21)22/h1-6H. The Labute approximate surface area is 143 Å². The van der Waals surface area contributed by atoms with Crippen molar-refractivity contribution in [2.24, 2.45) is 0 Å².